The van der Waals surface area contributed by atoms with Crippen molar-refractivity contribution in [3.63, 3.8) is 0 Å². The van der Waals surface area contributed by atoms with E-state index in [1.807, 2.05) is 0 Å². The number of methoxy groups -OCH3 is 1. The van der Waals surface area contributed by atoms with Crippen molar-refractivity contribution in [2.45, 2.75) is 6.61 Å². The molecule has 2 aromatic carbocycles. The van der Waals surface area contributed by atoms with Crippen molar-refractivity contribution < 1.29 is 19.2 Å². The second kappa shape index (κ2) is 7.78. The van der Waals surface area contributed by atoms with Crippen LogP contribution >= 0.6 is 0 Å². The summed E-state index contributed by atoms with van der Waals surface area (Å²) in [6.07, 6.45) is 1.66. The Morgan fingerprint density at radius 1 is 1.21 bits per heavy atom. The fourth-order valence-corrected chi connectivity index (χ4v) is 2.59. The van der Waals surface area contributed by atoms with Crippen LogP contribution in [0.15, 0.2) is 53.2 Å². The molecule has 0 aromatic heterocycles. The highest BCUT2D eigenvalue weighted by Gasteiger charge is 2.24. The molecule has 0 aliphatic carbocycles. The molecule has 3 rings (SSSR count). The molecule has 2 N–H and O–H groups in total. The molecule has 28 heavy (non-hydrogen) atoms. The molecule has 0 saturated carbocycles. The maximum absolute atomic E-state index is 11.9. The van der Waals surface area contributed by atoms with Gasteiger partial charge in [-0.15, -0.1) is 0 Å². The highest BCUT2D eigenvalue weighted by atomic mass is 16.6. The zero-order valence-electron chi connectivity index (χ0n) is 15.3. The van der Waals surface area contributed by atoms with Crippen LogP contribution in [0.3, 0.4) is 0 Å². The monoisotopic (exact) mass is 382 g/mol. The first-order chi connectivity index (χ1) is 13.4. The third kappa shape index (κ3) is 3.93. The van der Waals surface area contributed by atoms with E-state index >= 15 is 0 Å². The van der Waals surface area contributed by atoms with Gasteiger partial charge < -0.3 is 20.1 Å². The minimum atomic E-state index is -0.452. The van der Waals surface area contributed by atoms with Gasteiger partial charge in [-0.2, -0.15) is 4.99 Å². The molecule has 0 radical (unpaired) electrons. The lowest BCUT2D eigenvalue weighted by atomic mass is 10.1. The van der Waals surface area contributed by atoms with Crippen LogP contribution in [0.5, 0.6) is 11.5 Å². The first kappa shape index (κ1) is 18.9. The lowest BCUT2D eigenvalue weighted by molar-refractivity contribution is -0.384. The highest BCUT2D eigenvalue weighted by molar-refractivity contribution is 6.12. The standard InChI is InChI=1S/C19H18N4O5/c1-22-15(18(24)21-19(22)20)9-13-5-8-16(17(10-13)27-2)28-11-12-3-6-14(7-4-12)23(25)26/h3-10H,11H2,1-2H3,(H2,20,21,24). The van der Waals surface area contributed by atoms with Crippen LogP contribution in [0.25, 0.3) is 6.08 Å². The van der Waals surface area contributed by atoms with Gasteiger partial charge in [0, 0.05) is 19.2 Å². The smallest absolute Gasteiger partial charge is 0.296 e. The van der Waals surface area contributed by atoms with Crippen LogP contribution in [-0.4, -0.2) is 35.8 Å². The molecule has 1 heterocycles. The first-order valence-electron chi connectivity index (χ1n) is 8.27. The quantitative estimate of drug-likeness (QED) is 0.462. The lowest BCUT2D eigenvalue weighted by Crippen LogP contribution is -2.28. The molecular formula is C19H18N4O5. The number of amides is 1. The molecule has 1 amide bonds. The highest BCUT2D eigenvalue weighted by Crippen LogP contribution is 2.30. The third-order valence-electron chi connectivity index (χ3n) is 4.17. The fraction of sp³-hybridized carbons (Fsp3) is 0.158. The van der Waals surface area contributed by atoms with Gasteiger partial charge in [-0.05, 0) is 41.5 Å². The van der Waals surface area contributed by atoms with E-state index < -0.39 is 10.8 Å². The first-order valence-corrected chi connectivity index (χ1v) is 8.27. The summed E-state index contributed by atoms with van der Waals surface area (Å²) in [5.41, 5.74) is 7.53. The van der Waals surface area contributed by atoms with Crippen molar-refractivity contribution in [1.82, 2.24) is 4.90 Å². The SMILES string of the molecule is COc1cc(C=C2C(=O)N=C(N)N2C)ccc1OCc1ccc([N+](=O)[O-])cc1. The average molecular weight is 382 g/mol. The normalized spacial score (nSPS) is 14.9. The van der Waals surface area contributed by atoms with Crippen LogP contribution in [-0.2, 0) is 11.4 Å². The summed E-state index contributed by atoms with van der Waals surface area (Å²) in [7, 11) is 3.17. The number of carbonyl (C=O) groups is 1. The summed E-state index contributed by atoms with van der Waals surface area (Å²) in [5, 5.41) is 10.7. The number of benzene rings is 2. The van der Waals surface area contributed by atoms with Gasteiger partial charge in [-0.25, -0.2) is 0 Å². The van der Waals surface area contributed by atoms with Gasteiger partial charge in [-0.3, -0.25) is 14.9 Å². The molecule has 144 valence electrons. The topological polar surface area (TPSA) is 120 Å². The maximum Gasteiger partial charge on any atom is 0.296 e. The Morgan fingerprint density at radius 3 is 2.50 bits per heavy atom. The van der Waals surface area contributed by atoms with Crippen molar-refractivity contribution in [2.24, 2.45) is 10.7 Å². The number of hydrogen-bond acceptors (Lipinski definition) is 7. The molecule has 0 atom stereocenters. The second-order valence-corrected chi connectivity index (χ2v) is 5.99. The van der Waals surface area contributed by atoms with Gasteiger partial charge in [0.15, 0.2) is 11.5 Å². The molecule has 0 spiro atoms. The van der Waals surface area contributed by atoms with Crippen LogP contribution < -0.4 is 15.2 Å². The molecule has 0 unspecified atom stereocenters. The van der Waals surface area contributed by atoms with Crippen molar-refractivity contribution in [3.8, 4) is 11.5 Å². The largest absolute Gasteiger partial charge is 0.493 e. The van der Waals surface area contributed by atoms with Gasteiger partial charge in [0.05, 0.1) is 12.0 Å². The number of likely N-dealkylation sites (N-methyl/N-ethyl adjacent to an activating group) is 1. The predicted molar refractivity (Wildman–Crippen MR) is 103 cm³/mol. The number of ether oxygens (including phenoxy) is 2. The Kier molecular flexibility index (Phi) is 5.25. The van der Waals surface area contributed by atoms with E-state index in [1.165, 1.54) is 24.1 Å². The number of aliphatic imine (C=N–C) groups is 1. The Morgan fingerprint density at radius 2 is 1.93 bits per heavy atom. The van der Waals surface area contributed by atoms with Gasteiger partial charge in [0.25, 0.3) is 11.6 Å². The van der Waals surface area contributed by atoms with Crippen molar-refractivity contribution in [2.75, 3.05) is 14.2 Å². The lowest BCUT2D eigenvalue weighted by Gasteiger charge is -2.13. The Balaban J connectivity index is 1.75. The zero-order chi connectivity index (χ0) is 20.3. The van der Waals surface area contributed by atoms with E-state index in [9.17, 15) is 14.9 Å². The van der Waals surface area contributed by atoms with E-state index in [4.69, 9.17) is 15.2 Å². The number of nitro groups is 1. The summed E-state index contributed by atoms with van der Waals surface area (Å²) in [6.45, 7) is 0.223. The summed E-state index contributed by atoms with van der Waals surface area (Å²) in [6, 6.07) is 11.3. The number of rotatable bonds is 6. The molecular weight excluding hydrogens is 364 g/mol. The molecule has 1 aliphatic rings. The summed E-state index contributed by atoms with van der Waals surface area (Å²) < 4.78 is 11.1. The third-order valence-corrected chi connectivity index (χ3v) is 4.17. The summed E-state index contributed by atoms with van der Waals surface area (Å²) in [5.74, 6) is 0.729. The minimum absolute atomic E-state index is 0.0229. The number of guanidine groups is 1. The van der Waals surface area contributed by atoms with E-state index in [2.05, 4.69) is 4.99 Å². The molecule has 0 fully saturated rings. The van der Waals surface area contributed by atoms with E-state index in [-0.39, 0.29) is 18.3 Å². The van der Waals surface area contributed by atoms with Crippen molar-refractivity contribution >= 4 is 23.6 Å². The van der Waals surface area contributed by atoms with E-state index in [1.54, 1.807) is 43.5 Å². The number of nitro benzene ring substituents is 1. The number of nitrogens with zero attached hydrogens (tertiary/aromatic N) is 3. The van der Waals surface area contributed by atoms with Crippen molar-refractivity contribution in [1.29, 1.82) is 0 Å². The Bertz CT molecular complexity index is 982. The summed E-state index contributed by atoms with van der Waals surface area (Å²) >= 11 is 0. The number of nitrogens with two attached hydrogens (primary N) is 1. The van der Waals surface area contributed by atoms with E-state index in [0.29, 0.717) is 17.2 Å². The summed E-state index contributed by atoms with van der Waals surface area (Å²) in [4.78, 5) is 27.3. The maximum atomic E-state index is 11.9. The minimum Gasteiger partial charge on any atom is -0.493 e. The molecule has 9 heteroatoms. The van der Waals surface area contributed by atoms with Gasteiger partial charge >= 0.3 is 0 Å². The van der Waals surface area contributed by atoms with Gasteiger partial charge in [-0.1, -0.05) is 6.07 Å². The van der Waals surface area contributed by atoms with E-state index in [0.717, 1.165) is 11.1 Å². The second-order valence-electron chi connectivity index (χ2n) is 5.99. The fourth-order valence-electron chi connectivity index (χ4n) is 2.59. The molecule has 2 aromatic rings. The number of hydrogen-bond donors (Lipinski definition) is 1. The zero-order valence-corrected chi connectivity index (χ0v) is 15.3. The molecule has 0 bridgehead atoms. The van der Waals surface area contributed by atoms with Crippen molar-refractivity contribution in [3.05, 3.63) is 69.4 Å². The van der Waals surface area contributed by atoms with Crippen LogP contribution in [0.2, 0.25) is 0 Å². The Labute approximate surface area is 160 Å². The Hall–Kier alpha value is -3.88. The van der Waals surface area contributed by atoms with Gasteiger partial charge in [0.1, 0.15) is 12.3 Å². The van der Waals surface area contributed by atoms with Crippen LogP contribution in [0, 0.1) is 10.1 Å². The van der Waals surface area contributed by atoms with Gasteiger partial charge in [0.2, 0.25) is 5.96 Å². The van der Waals surface area contributed by atoms with Crippen LogP contribution in [0.4, 0.5) is 5.69 Å². The number of non-ortho nitro benzene ring substituents is 1. The molecule has 9 nitrogen and oxygen atoms in total. The molecule has 0 saturated heterocycles. The predicted octanol–water partition coefficient (Wildman–Crippen LogP) is 2.31. The average Bonchev–Trinajstić information content (AvgIpc) is 2.93. The molecule has 1 aliphatic heterocycles. The van der Waals surface area contributed by atoms with Crippen LogP contribution in [0.1, 0.15) is 11.1 Å². The number of carbonyl (C=O) groups excluding carboxylic acids is 1.